The lowest BCUT2D eigenvalue weighted by molar-refractivity contribution is 0.345. The number of nitriles is 1. The van der Waals surface area contributed by atoms with Crippen LogP contribution in [0.2, 0.25) is 0 Å². The van der Waals surface area contributed by atoms with Gasteiger partial charge in [0.2, 0.25) is 0 Å². The number of rotatable bonds is 2. The highest BCUT2D eigenvalue weighted by Gasteiger charge is 2.29. The summed E-state index contributed by atoms with van der Waals surface area (Å²) in [5.74, 6) is 0.944. The Kier molecular flexibility index (Phi) is 3.52. The second kappa shape index (κ2) is 5.30. The van der Waals surface area contributed by atoms with Crippen LogP contribution in [-0.4, -0.2) is 10.2 Å². The van der Waals surface area contributed by atoms with Crippen molar-refractivity contribution in [1.82, 2.24) is 4.98 Å². The molecule has 1 aliphatic carbocycles. The van der Waals surface area contributed by atoms with Crippen molar-refractivity contribution < 1.29 is 0 Å². The molecule has 98 valence electrons. The van der Waals surface area contributed by atoms with Gasteiger partial charge in [0.15, 0.2) is 0 Å². The molecule has 1 aliphatic rings. The van der Waals surface area contributed by atoms with Crippen molar-refractivity contribution in [3.8, 4) is 6.07 Å². The van der Waals surface area contributed by atoms with Crippen LogP contribution in [0.15, 0.2) is 35.4 Å². The molecule has 3 atom stereocenters. The van der Waals surface area contributed by atoms with E-state index < -0.39 is 0 Å². The molecule has 1 N–H and O–H groups in total. The first-order chi connectivity index (χ1) is 9.26. The van der Waals surface area contributed by atoms with E-state index in [0.29, 0.717) is 5.25 Å². The third kappa shape index (κ3) is 2.64. The Labute approximate surface area is 118 Å². The summed E-state index contributed by atoms with van der Waals surface area (Å²) in [5.41, 5.74) is 1.18. The number of hydrogen-bond acceptors (Lipinski definition) is 2. The van der Waals surface area contributed by atoms with Gasteiger partial charge < -0.3 is 4.98 Å². The molecule has 1 saturated carbocycles. The van der Waals surface area contributed by atoms with Gasteiger partial charge in [-0.15, -0.1) is 11.8 Å². The van der Waals surface area contributed by atoms with Crippen molar-refractivity contribution in [2.45, 2.75) is 36.5 Å². The molecule has 1 aromatic heterocycles. The summed E-state index contributed by atoms with van der Waals surface area (Å²) in [6.45, 7) is 2.30. The van der Waals surface area contributed by atoms with E-state index in [4.69, 9.17) is 0 Å². The average molecular weight is 270 g/mol. The Morgan fingerprint density at radius 3 is 2.95 bits per heavy atom. The number of benzene rings is 1. The van der Waals surface area contributed by atoms with Crippen molar-refractivity contribution in [2.24, 2.45) is 11.8 Å². The Morgan fingerprint density at radius 2 is 2.16 bits per heavy atom. The highest BCUT2D eigenvalue weighted by molar-refractivity contribution is 7.99. The van der Waals surface area contributed by atoms with Crippen LogP contribution in [0, 0.1) is 23.2 Å². The van der Waals surface area contributed by atoms with Crippen molar-refractivity contribution in [3.63, 3.8) is 0 Å². The molecule has 0 amide bonds. The summed E-state index contributed by atoms with van der Waals surface area (Å²) in [4.78, 5) is 3.46. The fraction of sp³-hybridized carbons (Fsp3) is 0.438. The molecule has 3 rings (SSSR count). The van der Waals surface area contributed by atoms with Crippen LogP contribution in [0.5, 0.6) is 0 Å². The van der Waals surface area contributed by atoms with Crippen molar-refractivity contribution >= 4 is 22.7 Å². The zero-order valence-electron chi connectivity index (χ0n) is 11.1. The Hall–Kier alpha value is -1.40. The van der Waals surface area contributed by atoms with Crippen molar-refractivity contribution in [1.29, 1.82) is 5.26 Å². The van der Waals surface area contributed by atoms with Crippen LogP contribution in [0.25, 0.3) is 10.9 Å². The lowest BCUT2D eigenvalue weighted by Crippen LogP contribution is -2.24. The normalized spacial score (nSPS) is 27.3. The SMILES string of the molecule is CC1CCC(C#N)C(Sc2cc3ccccc3[nH]2)C1. The highest BCUT2D eigenvalue weighted by atomic mass is 32.2. The third-order valence-corrected chi connectivity index (χ3v) is 5.30. The van der Waals surface area contributed by atoms with E-state index in [9.17, 15) is 5.26 Å². The Bertz CT molecular complexity index is 577. The second-order valence-corrected chi connectivity index (χ2v) is 6.81. The van der Waals surface area contributed by atoms with E-state index in [1.807, 2.05) is 17.8 Å². The zero-order chi connectivity index (χ0) is 13.2. The van der Waals surface area contributed by atoms with E-state index in [1.165, 1.54) is 22.3 Å². The molecule has 3 unspecified atom stereocenters. The van der Waals surface area contributed by atoms with Gasteiger partial charge in [-0.05, 0) is 37.3 Å². The summed E-state index contributed by atoms with van der Waals surface area (Å²) < 4.78 is 0. The fourth-order valence-electron chi connectivity index (χ4n) is 2.88. The quantitative estimate of drug-likeness (QED) is 0.867. The molecule has 0 spiro atoms. The first-order valence-electron chi connectivity index (χ1n) is 6.90. The smallest absolute Gasteiger partial charge is 0.0735 e. The van der Waals surface area contributed by atoms with E-state index in [-0.39, 0.29) is 5.92 Å². The number of para-hydroxylation sites is 1. The minimum atomic E-state index is 0.201. The third-order valence-electron chi connectivity index (χ3n) is 4.00. The van der Waals surface area contributed by atoms with Gasteiger partial charge in [0.25, 0.3) is 0 Å². The van der Waals surface area contributed by atoms with Crippen LogP contribution in [0.4, 0.5) is 0 Å². The van der Waals surface area contributed by atoms with Gasteiger partial charge in [-0.3, -0.25) is 0 Å². The molecule has 1 fully saturated rings. The number of hydrogen-bond donors (Lipinski definition) is 1. The van der Waals surface area contributed by atoms with E-state index >= 15 is 0 Å². The maximum absolute atomic E-state index is 9.29. The molecule has 2 aromatic rings. The van der Waals surface area contributed by atoms with Gasteiger partial charge in [-0.1, -0.05) is 25.1 Å². The predicted octanol–water partition coefficient (Wildman–Crippen LogP) is 4.59. The van der Waals surface area contributed by atoms with Crippen LogP contribution in [0.1, 0.15) is 26.2 Å². The monoisotopic (exact) mass is 270 g/mol. The summed E-state index contributed by atoms with van der Waals surface area (Å²) in [6.07, 6.45) is 3.40. The van der Waals surface area contributed by atoms with Gasteiger partial charge in [0.05, 0.1) is 17.0 Å². The highest BCUT2D eigenvalue weighted by Crippen LogP contribution is 2.39. The molecule has 19 heavy (non-hydrogen) atoms. The Balaban J connectivity index is 1.81. The van der Waals surface area contributed by atoms with Gasteiger partial charge >= 0.3 is 0 Å². The first-order valence-corrected chi connectivity index (χ1v) is 7.78. The molecule has 0 aliphatic heterocycles. The molecule has 0 saturated heterocycles. The minimum Gasteiger partial charge on any atom is -0.350 e. The van der Waals surface area contributed by atoms with Crippen LogP contribution >= 0.6 is 11.8 Å². The van der Waals surface area contributed by atoms with E-state index in [1.54, 1.807) is 0 Å². The topological polar surface area (TPSA) is 39.6 Å². The van der Waals surface area contributed by atoms with Gasteiger partial charge in [-0.2, -0.15) is 5.26 Å². The van der Waals surface area contributed by atoms with Gasteiger partial charge in [0, 0.05) is 16.2 Å². The predicted molar refractivity (Wildman–Crippen MR) is 80.1 cm³/mol. The molecule has 3 heteroatoms. The Morgan fingerprint density at radius 1 is 1.32 bits per heavy atom. The molecule has 1 aromatic carbocycles. The lowest BCUT2D eigenvalue weighted by Gasteiger charge is -2.29. The van der Waals surface area contributed by atoms with Crippen LogP contribution in [0.3, 0.4) is 0 Å². The number of fused-ring (bicyclic) bond motifs is 1. The van der Waals surface area contributed by atoms with Crippen molar-refractivity contribution in [2.75, 3.05) is 0 Å². The minimum absolute atomic E-state index is 0.201. The summed E-state index contributed by atoms with van der Waals surface area (Å²) in [6, 6.07) is 13.0. The maximum atomic E-state index is 9.29. The van der Waals surface area contributed by atoms with E-state index in [0.717, 1.165) is 18.8 Å². The molecule has 1 heterocycles. The van der Waals surface area contributed by atoms with Crippen LogP contribution in [-0.2, 0) is 0 Å². The van der Waals surface area contributed by atoms with Crippen molar-refractivity contribution in [3.05, 3.63) is 30.3 Å². The number of aromatic amines is 1. The number of nitrogens with one attached hydrogen (secondary N) is 1. The number of aromatic nitrogens is 1. The molecule has 2 nitrogen and oxygen atoms in total. The van der Waals surface area contributed by atoms with E-state index in [2.05, 4.69) is 42.2 Å². The van der Waals surface area contributed by atoms with Gasteiger partial charge in [-0.25, -0.2) is 0 Å². The first kappa shape index (κ1) is 12.6. The molecular weight excluding hydrogens is 252 g/mol. The van der Waals surface area contributed by atoms with Crippen LogP contribution < -0.4 is 0 Å². The molecule has 0 radical (unpaired) electrons. The maximum Gasteiger partial charge on any atom is 0.0735 e. The largest absolute Gasteiger partial charge is 0.350 e. The summed E-state index contributed by atoms with van der Waals surface area (Å²) >= 11 is 1.85. The summed E-state index contributed by atoms with van der Waals surface area (Å²) in [5, 5.41) is 12.2. The van der Waals surface area contributed by atoms with Gasteiger partial charge in [0.1, 0.15) is 0 Å². The lowest BCUT2D eigenvalue weighted by atomic mass is 9.83. The number of thioether (sulfide) groups is 1. The fourth-order valence-corrected chi connectivity index (χ4v) is 4.36. The number of H-pyrrole nitrogens is 1. The standard InChI is InChI=1S/C16H18N2S/c1-11-6-7-13(10-17)15(8-11)19-16-9-12-4-2-3-5-14(12)18-16/h2-5,9,11,13,15,18H,6-8H2,1H3. The number of nitrogens with zero attached hydrogens (tertiary/aromatic N) is 1. The zero-order valence-corrected chi connectivity index (χ0v) is 11.9. The summed E-state index contributed by atoms with van der Waals surface area (Å²) in [7, 11) is 0. The average Bonchev–Trinajstić information content (AvgIpc) is 2.81. The second-order valence-electron chi connectivity index (χ2n) is 5.53. The molecular formula is C16H18N2S. The molecule has 0 bridgehead atoms.